The highest BCUT2D eigenvalue weighted by Gasteiger charge is 2.36. The second-order valence-corrected chi connectivity index (χ2v) is 8.99. The molecule has 10 nitrogen and oxygen atoms in total. The first-order chi connectivity index (χ1) is 17.4. The Morgan fingerprint density at radius 1 is 1.11 bits per heavy atom. The lowest BCUT2D eigenvalue weighted by Gasteiger charge is -2.32. The molecule has 0 bridgehead atoms. The van der Waals surface area contributed by atoms with Crippen LogP contribution in [0, 0.1) is 5.92 Å². The van der Waals surface area contributed by atoms with Gasteiger partial charge in [-0.2, -0.15) is 4.98 Å². The zero-order valence-corrected chi connectivity index (χ0v) is 19.9. The maximum absolute atomic E-state index is 13.3. The number of piperidine rings is 1. The number of hydrogen-bond acceptors (Lipinski definition) is 7. The molecule has 0 spiro atoms. The van der Waals surface area contributed by atoms with Gasteiger partial charge >= 0.3 is 5.97 Å². The number of rotatable bonds is 5. The Hall–Kier alpha value is -4.21. The van der Waals surface area contributed by atoms with Crippen LogP contribution in [0.4, 0.5) is 17.5 Å². The van der Waals surface area contributed by atoms with Gasteiger partial charge in [-0.15, -0.1) is 0 Å². The molecule has 0 saturated carbocycles. The number of H-pyrrole nitrogens is 1. The monoisotopic (exact) mass is 489 g/mol. The van der Waals surface area contributed by atoms with E-state index < -0.39 is 17.4 Å². The average Bonchev–Trinajstić information content (AvgIpc) is 2.88. The van der Waals surface area contributed by atoms with Crippen molar-refractivity contribution in [3.8, 4) is 0 Å². The molecular formula is C26H27N5O5. The fourth-order valence-corrected chi connectivity index (χ4v) is 4.87. The Morgan fingerprint density at radius 3 is 2.64 bits per heavy atom. The predicted octanol–water partition coefficient (Wildman–Crippen LogP) is 2.77. The van der Waals surface area contributed by atoms with E-state index in [0.717, 1.165) is 10.8 Å². The smallest absolute Gasteiger partial charge is 0.309 e. The first-order valence-corrected chi connectivity index (χ1v) is 12.1. The zero-order valence-electron chi connectivity index (χ0n) is 19.9. The largest absolute Gasteiger partial charge is 0.466 e. The van der Waals surface area contributed by atoms with Gasteiger partial charge in [0.2, 0.25) is 17.8 Å². The lowest BCUT2D eigenvalue weighted by atomic mass is 9.92. The number of aromatic nitrogens is 2. The number of hydrogen-bond donors (Lipinski definition) is 3. The van der Waals surface area contributed by atoms with Crippen LogP contribution in [0.25, 0.3) is 10.8 Å². The summed E-state index contributed by atoms with van der Waals surface area (Å²) in [5.41, 5.74) is 0.272. The third-order valence-electron chi connectivity index (χ3n) is 6.72. The molecule has 3 aromatic rings. The summed E-state index contributed by atoms with van der Waals surface area (Å²) in [7, 11) is 0. The van der Waals surface area contributed by atoms with Gasteiger partial charge in [-0.25, -0.2) is 0 Å². The number of fused-ring (bicyclic) bond motifs is 2. The van der Waals surface area contributed by atoms with Gasteiger partial charge in [0.25, 0.3) is 5.56 Å². The lowest BCUT2D eigenvalue weighted by Crippen LogP contribution is -2.41. The minimum absolute atomic E-state index is 0.0931. The van der Waals surface area contributed by atoms with Gasteiger partial charge in [-0.3, -0.25) is 24.2 Å². The highest BCUT2D eigenvalue weighted by molar-refractivity contribution is 6.08. The van der Waals surface area contributed by atoms with Crippen LogP contribution >= 0.6 is 0 Å². The molecule has 2 amide bonds. The number of anilines is 3. The normalized spacial score (nSPS) is 17.9. The lowest BCUT2D eigenvalue weighted by molar-refractivity contribution is -0.148. The van der Waals surface area contributed by atoms with E-state index in [9.17, 15) is 19.2 Å². The third kappa shape index (κ3) is 4.53. The summed E-state index contributed by atoms with van der Waals surface area (Å²) in [5, 5.41) is 7.37. The van der Waals surface area contributed by atoms with E-state index in [1.807, 2.05) is 41.3 Å². The zero-order chi connectivity index (χ0) is 25.2. The van der Waals surface area contributed by atoms with E-state index in [-0.39, 0.29) is 35.6 Å². The number of carbonyl (C=O) groups is 3. The quantitative estimate of drug-likeness (QED) is 0.469. The Labute approximate surface area is 207 Å². The van der Waals surface area contributed by atoms with Gasteiger partial charge in [0.05, 0.1) is 24.0 Å². The Morgan fingerprint density at radius 2 is 1.86 bits per heavy atom. The SMILES string of the molecule is CCOC(=O)C1CCN(c2nc3c(c(=O)[nH]2)C(C(=O)Nc2cccc4ccccc24)CC(=O)N3)CC1. The molecule has 2 aromatic carbocycles. The van der Waals surface area contributed by atoms with E-state index in [1.165, 1.54) is 0 Å². The molecule has 0 radical (unpaired) electrons. The molecule has 1 unspecified atom stereocenters. The van der Waals surface area contributed by atoms with E-state index in [2.05, 4.69) is 20.6 Å². The number of nitrogens with one attached hydrogen (secondary N) is 3. The fourth-order valence-electron chi connectivity index (χ4n) is 4.87. The highest BCUT2D eigenvalue weighted by atomic mass is 16.5. The minimum atomic E-state index is -0.979. The van der Waals surface area contributed by atoms with E-state index >= 15 is 0 Å². The number of benzene rings is 2. The van der Waals surface area contributed by atoms with Crippen molar-refractivity contribution in [2.45, 2.75) is 32.1 Å². The number of aromatic amines is 1. The summed E-state index contributed by atoms with van der Waals surface area (Å²) in [4.78, 5) is 60.1. The molecule has 186 valence electrons. The second kappa shape index (κ2) is 9.80. The average molecular weight is 490 g/mol. The van der Waals surface area contributed by atoms with Crippen molar-refractivity contribution < 1.29 is 19.1 Å². The van der Waals surface area contributed by atoms with Gasteiger partial charge in [-0.05, 0) is 31.2 Å². The molecule has 3 heterocycles. The van der Waals surface area contributed by atoms with Crippen LogP contribution in [0.15, 0.2) is 47.3 Å². The molecule has 1 fully saturated rings. The van der Waals surface area contributed by atoms with Gasteiger partial charge in [0, 0.05) is 30.6 Å². The summed E-state index contributed by atoms with van der Waals surface area (Å²) in [6.45, 7) is 3.13. The van der Waals surface area contributed by atoms with Gasteiger partial charge < -0.3 is 20.3 Å². The number of nitrogens with zero attached hydrogens (tertiary/aromatic N) is 2. The van der Waals surface area contributed by atoms with Crippen LogP contribution < -0.4 is 21.1 Å². The molecule has 36 heavy (non-hydrogen) atoms. The van der Waals surface area contributed by atoms with Crippen molar-refractivity contribution in [3.05, 3.63) is 58.4 Å². The van der Waals surface area contributed by atoms with Crippen LogP contribution in [-0.2, 0) is 19.1 Å². The Kier molecular flexibility index (Phi) is 6.41. The van der Waals surface area contributed by atoms with Crippen LogP contribution in [0.3, 0.4) is 0 Å². The molecule has 1 aromatic heterocycles. The van der Waals surface area contributed by atoms with Gasteiger partial charge in [0.15, 0.2) is 0 Å². The third-order valence-corrected chi connectivity index (χ3v) is 6.72. The Bertz CT molecular complexity index is 1390. The number of ether oxygens (including phenoxy) is 1. The maximum atomic E-state index is 13.3. The van der Waals surface area contributed by atoms with Crippen molar-refractivity contribution in [2.75, 3.05) is 35.2 Å². The van der Waals surface area contributed by atoms with Crippen molar-refractivity contribution in [3.63, 3.8) is 0 Å². The van der Waals surface area contributed by atoms with Crippen LogP contribution in [0.1, 0.15) is 37.7 Å². The molecule has 1 saturated heterocycles. The molecule has 3 N–H and O–H groups in total. The number of carbonyl (C=O) groups excluding carboxylic acids is 3. The molecule has 1 atom stereocenters. The predicted molar refractivity (Wildman–Crippen MR) is 135 cm³/mol. The van der Waals surface area contributed by atoms with Gasteiger partial charge in [-0.1, -0.05) is 36.4 Å². The second-order valence-electron chi connectivity index (χ2n) is 8.99. The Balaban J connectivity index is 1.38. The summed E-state index contributed by atoms with van der Waals surface area (Å²) in [6, 6.07) is 13.2. The molecule has 10 heteroatoms. The maximum Gasteiger partial charge on any atom is 0.309 e. The summed E-state index contributed by atoms with van der Waals surface area (Å²) in [5.74, 6) is -1.81. The van der Waals surface area contributed by atoms with Crippen molar-refractivity contribution in [1.29, 1.82) is 0 Å². The molecule has 0 aliphatic carbocycles. The van der Waals surface area contributed by atoms with Crippen molar-refractivity contribution in [1.82, 2.24) is 9.97 Å². The van der Waals surface area contributed by atoms with Crippen LogP contribution in [0.5, 0.6) is 0 Å². The molecule has 5 rings (SSSR count). The number of amides is 2. The molecule has 2 aliphatic rings. The van der Waals surface area contributed by atoms with Gasteiger partial charge in [0.1, 0.15) is 5.82 Å². The summed E-state index contributed by atoms with van der Waals surface area (Å²) >= 11 is 0. The summed E-state index contributed by atoms with van der Waals surface area (Å²) < 4.78 is 5.11. The summed E-state index contributed by atoms with van der Waals surface area (Å²) in [6.07, 6.45) is 0.989. The molecule has 2 aliphatic heterocycles. The van der Waals surface area contributed by atoms with Crippen molar-refractivity contribution >= 4 is 46.0 Å². The number of esters is 1. The van der Waals surface area contributed by atoms with Crippen LogP contribution in [-0.4, -0.2) is 47.4 Å². The highest BCUT2D eigenvalue weighted by Crippen LogP contribution is 2.32. The topological polar surface area (TPSA) is 133 Å². The fraction of sp³-hybridized carbons (Fsp3) is 0.346. The van der Waals surface area contributed by atoms with E-state index in [4.69, 9.17) is 4.74 Å². The van der Waals surface area contributed by atoms with E-state index in [0.29, 0.717) is 44.2 Å². The standard InChI is InChI=1S/C26H27N5O5/c1-2-36-25(35)16-10-12-31(13-11-16)26-29-22-21(24(34)30-26)18(14-20(32)28-22)23(33)27-19-9-5-7-15-6-3-4-8-17(15)19/h3-9,16,18H,2,10-14H2,1H3,(H,27,33)(H2,28,29,30,32,34). The van der Waals surface area contributed by atoms with E-state index in [1.54, 1.807) is 13.0 Å². The van der Waals surface area contributed by atoms with Crippen LogP contribution in [0.2, 0.25) is 0 Å². The molecular weight excluding hydrogens is 462 g/mol. The van der Waals surface area contributed by atoms with Crippen molar-refractivity contribution in [2.24, 2.45) is 5.92 Å². The first kappa shape index (κ1) is 23.5. The first-order valence-electron chi connectivity index (χ1n) is 12.1. The minimum Gasteiger partial charge on any atom is -0.466 e.